The first-order valence-corrected chi connectivity index (χ1v) is 11.4. The molecular formula is C30H26N2. The number of hydrogen-bond acceptors (Lipinski definition) is 2. The summed E-state index contributed by atoms with van der Waals surface area (Å²) in [5.41, 5.74) is 8.30. The van der Waals surface area contributed by atoms with Crippen LogP contribution in [-0.4, -0.2) is 9.97 Å². The van der Waals surface area contributed by atoms with Crippen molar-refractivity contribution in [2.75, 3.05) is 0 Å². The van der Waals surface area contributed by atoms with Gasteiger partial charge in [0.25, 0.3) is 0 Å². The summed E-state index contributed by atoms with van der Waals surface area (Å²) in [4.78, 5) is 9.69. The van der Waals surface area contributed by atoms with Crippen LogP contribution >= 0.6 is 0 Å². The van der Waals surface area contributed by atoms with Crippen molar-refractivity contribution >= 4 is 21.5 Å². The van der Waals surface area contributed by atoms with Crippen molar-refractivity contribution < 1.29 is 0 Å². The van der Waals surface area contributed by atoms with Gasteiger partial charge in [0.2, 0.25) is 0 Å². The molecule has 1 aromatic heterocycles. The van der Waals surface area contributed by atoms with Crippen LogP contribution in [0.15, 0.2) is 79.1 Å². The molecule has 0 amide bonds. The summed E-state index contributed by atoms with van der Waals surface area (Å²) in [5.74, 6) is 0.471. The van der Waals surface area contributed by atoms with Crippen molar-refractivity contribution in [1.29, 1.82) is 0 Å². The fourth-order valence-electron chi connectivity index (χ4n) is 5.51. The average molecular weight is 415 g/mol. The molecule has 156 valence electrons. The van der Waals surface area contributed by atoms with E-state index in [9.17, 15) is 0 Å². The fraction of sp³-hybridized carbons (Fsp3) is 0.200. The first kappa shape index (κ1) is 19.2. The van der Waals surface area contributed by atoms with Crippen LogP contribution in [0.3, 0.4) is 0 Å². The van der Waals surface area contributed by atoms with E-state index in [-0.39, 0.29) is 5.41 Å². The summed E-state index contributed by atoms with van der Waals surface area (Å²) in [6.45, 7) is 9.14. The van der Waals surface area contributed by atoms with Crippen LogP contribution in [0.2, 0.25) is 0 Å². The molecule has 1 heterocycles. The minimum absolute atomic E-state index is 0.177. The van der Waals surface area contributed by atoms with Gasteiger partial charge in [-0.2, -0.15) is 0 Å². The lowest BCUT2D eigenvalue weighted by molar-refractivity contribution is 0.658. The largest absolute Gasteiger partial charge is 0.236 e. The third-order valence-corrected chi connectivity index (χ3v) is 7.12. The molecule has 0 fully saturated rings. The number of hydrogen-bond donors (Lipinski definition) is 0. The van der Waals surface area contributed by atoms with E-state index in [4.69, 9.17) is 9.97 Å². The highest BCUT2D eigenvalue weighted by atomic mass is 14.9. The minimum Gasteiger partial charge on any atom is -0.236 e. The Kier molecular flexibility index (Phi) is 4.04. The van der Waals surface area contributed by atoms with Crippen molar-refractivity contribution in [3.05, 3.63) is 95.8 Å². The lowest BCUT2D eigenvalue weighted by Crippen LogP contribution is -2.17. The van der Waals surface area contributed by atoms with Crippen molar-refractivity contribution in [2.24, 2.45) is 0 Å². The Morgan fingerprint density at radius 1 is 0.688 bits per heavy atom. The van der Waals surface area contributed by atoms with Gasteiger partial charge >= 0.3 is 0 Å². The molecule has 0 spiro atoms. The van der Waals surface area contributed by atoms with E-state index in [0.29, 0.717) is 5.92 Å². The van der Waals surface area contributed by atoms with Gasteiger partial charge in [-0.15, -0.1) is 0 Å². The quantitative estimate of drug-likeness (QED) is 0.293. The van der Waals surface area contributed by atoms with Gasteiger partial charge in [-0.05, 0) is 50.7 Å². The monoisotopic (exact) mass is 414 g/mol. The molecule has 6 rings (SSSR count). The van der Waals surface area contributed by atoms with E-state index in [1.807, 2.05) is 0 Å². The third kappa shape index (κ3) is 2.59. The zero-order valence-electron chi connectivity index (χ0n) is 19.0. The Morgan fingerprint density at radius 3 is 2.03 bits per heavy atom. The lowest BCUT2D eigenvalue weighted by Gasteiger charge is -2.24. The van der Waals surface area contributed by atoms with Gasteiger partial charge in [0.05, 0.1) is 11.4 Å². The Hall–Kier alpha value is -3.52. The van der Waals surface area contributed by atoms with Crippen molar-refractivity contribution in [3.8, 4) is 22.5 Å². The van der Waals surface area contributed by atoms with Gasteiger partial charge in [0, 0.05) is 22.1 Å². The molecule has 0 bridgehead atoms. The molecule has 4 aromatic carbocycles. The molecule has 0 saturated heterocycles. The lowest BCUT2D eigenvalue weighted by atomic mass is 9.79. The predicted octanol–water partition coefficient (Wildman–Crippen LogP) is 7.88. The van der Waals surface area contributed by atoms with Gasteiger partial charge in [-0.3, -0.25) is 0 Å². The van der Waals surface area contributed by atoms with Gasteiger partial charge in [-0.1, -0.05) is 88.4 Å². The number of rotatable bonds is 2. The molecular weight excluding hydrogens is 388 g/mol. The molecule has 1 aliphatic carbocycles. The van der Waals surface area contributed by atoms with Gasteiger partial charge < -0.3 is 0 Å². The van der Waals surface area contributed by atoms with Crippen LogP contribution in [0.5, 0.6) is 0 Å². The number of nitrogens with zero attached hydrogens (tertiary/aromatic N) is 2. The number of aromatic nitrogens is 2. The van der Waals surface area contributed by atoms with Crippen LogP contribution in [0.4, 0.5) is 0 Å². The topological polar surface area (TPSA) is 25.8 Å². The molecule has 2 nitrogen and oxygen atoms in total. The van der Waals surface area contributed by atoms with Crippen LogP contribution in [0, 0.1) is 0 Å². The zero-order valence-corrected chi connectivity index (χ0v) is 19.0. The van der Waals surface area contributed by atoms with Crippen LogP contribution in [0.25, 0.3) is 44.1 Å². The van der Waals surface area contributed by atoms with Crippen molar-refractivity contribution in [1.82, 2.24) is 9.97 Å². The second kappa shape index (κ2) is 6.74. The van der Waals surface area contributed by atoms with E-state index >= 15 is 0 Å². The maximum Gasteiger partial charge on any atom is 0.116 e. The number of benzene rings is 4. The van der Waals surface area contributed by atoms with Crippen LogP contribution in [0.1, 0.15) is 50.3 Å². The Labute approximate surface area is 189 Å². The Morgan fingerprint density at radius 2 is 1.31 bits per heavy atom. The minimum atomic E-state index is -0.177. The van der Waals surface area contributed by atoms with E-state index in [2.05, 4.69) is 100 Å². The van der Waals surface area contributed by atoms with E-state index in [0.717, 1.165) is 11.4 Å². The molecule has 2 heteroatoms. The van der Waals surface area contributed by atoms with Gasteiger partial charge in [0.15, 0.2) is 0 Å². The van der Waals surface area contributed by atoms with Crippen LogP contribution in [-0.2, 0) is 5.41 Å². The summed E-state index contributed by atoms with van der Waals surface area (Å²) in [5, 5.41) is 5.10. The first-order chi connectivity index (χ1) is 15.5. The molecule has 0 radical (unpaired) electrons. The molecule has 0 unspecified atom stereocenters. The second-order valence-corrected chi connectivity index (χ2v) is 9.72. The van der Waals surface area contributed by atoms with E-state index in [1.54, 1.807) is 6.33 Å². The predicted molar refractivity (Wildman–Crippen MR) is 134 cm³/mol. The molecule has 1 aliphatic rings. The summed E-state index contributed by atoms with van der Waals surface area (Å²) in [7, 11) is 0. The van der Waals surface area contributed by atoms with E-state index < -0.39 is 0 Å². The van der Waals surface area contributed by atoms with Crippen molar-refractivity contribution in [3.63, 3.8) is 0 Å². The smallest absolute Gasteiger partial charge is 0.116 e. The third-order valence-electron chi connectivity index (χ3n) is 7.12. The second-order valence-electron chi connectivity index (χ2n) is 9.72. The van der Waals surface area contributed by atoms with Crippen molar-refractivity contribution in [2.45, 2.75) is 39.0 Å². The van der Waals surface area contributed by atoms with E-state index in [1.165, 1.54) is 49.4 Å². The van der Waals surface area contributed by atoms with Crippen LogP contribution < -0.4 is 0 Å². The molecule has 0 N–H and O–H groups in total. The maximum atomic E-state index is 4.88. The molecule has 0 atom stereocenters. The summed E-state index contributed by atoms with van der Waals surface area (Å²) < 4.78 is 0. The highest BCUT2D eigenvalue weighted by Gasteiger charge is 2.39. The average Bonchev–Trinajstić information content (AvgIpc) is 3.03. The summed E-state index contributed by atoms with van der Waals surface area (Å²) >= 11 is 0. The highest BCUT2D eigenvalue weighted by Crippen LogP contribution is 2.52. The maximum absolute atomic E-state index is 4.88. The first-order valence-electron chi connectivity index (χ1n) is 11.4. The van der Waals surface area contributed by atoms with Gasteiger partial charge in [0.1, 0.15) is 6.33 Å². The molecule has 0 saturated carbocycles. The molecule has 32 heavy (non-hydrogen) atoms. The molecule has 5 aromatic rings. The molecule has 0 aliphatic heterocycles. The summed E-state index contributed by atoms with van der Waals surface area (Å²) in [6.07, 6.45) is 1.74. The Balaban J connectivity index is 1.67. The van der Waals surface area contributed by atoms with Gasteiger partial charge in [-0.25, -0.2) is 9.97 Å². The zero-order chi connectivity index (χ0) is 22.0. The standard InChI is InChI=1S/C30H26N2/c1-18(2)21-13-14-24(23-12-8-7-11-22(21)23)28-27-29(32-17-31-28)25-15-19-9-5-6-10-20(19)16-26(25)30(27,3)4/h5-18H,1-4H3. The number of fused-ring (bicyclic) bond motifs is 5. The SMILES string of the molecule is CC(C)c1ccc(-c2ncnc3c2C(C)(C)c2cc4ccccc4cc2-3)c2ccccc12. The fourth-order valence-corrected chi connectivity index (χ4v) is 5.51. The highest BCUT2D eigenvalue weighted by molar-refractivity contribution is 6.01. The normalized spacial score (nSPS) is 14.2. The summed E-state index contributed by atoms with van der Waals surface area (Å²) in [6, 6.07) is 26.5. The Bertz CT molecular complexity index is 1530.